The van der Waals surface area contributed by atoms with Crippen LogP contribution in [-0.4, -0.2) is 39.8 Å². The monoisotopic (exact) mass is 266 g/mol. The van der Waals surface area contributed by atoms with Gasteiger partial charge in [0.25, 0.3) is 5.91 Å². The molecule has 0 atom stereocenters. The van der Waals surface area contributed by atoms with E-state index < -0.39 is 11.5 Å². The number of carbonyl (C=O) groups is 2. The number of rotatable bonds is 6. The fourth-order valence-electron chi connectivity index (χ4n) is 1.48. The highest BCUT2D eigenvalue weighted by molar-refractivity contribution is 5.91. The lowest BCUT2D eigenvalue weighted by Crippen LogP contribution is -2.32. The van der Waals surface area contributed by atoms with Crippen LogP contribution < -0.4 is 10.6 Å². The van der Waals surface area contributed by atoms with Crippen molar-refractivity contribution in [1.29, 1.82) is 0 Å². The van der Waals surface area contributed by atoms with E-state index in [0.29, 0.717) is 12.2 Å². The number of carboxylic acids is 1. The molecular weight excluding hydrogens is 248 g/mol. The Morgan fingerprint density at radius 2 is 2.00 bits per heavy atom. The van der Waals surface area contributed by atoms with E-state index in [1.54, 1.807) is 12.1 Å². The maximum absolute atomic E-state index is 11.3. The van der Waals surface area contributed by atoms with Crippen molar-refractivity contribution in [3.8, 4) is 0 Å². The third-order valence-corrected chi connectivity index (χ3v) is 2.55. The number of anilines is 1. The SMILES string of the molecule is CNC(=O)c1ccc(NC(C)(C)CCC(=O)O)nn1. The molecule has 1 aromatic heterocycles. The van der Waals surface area contributed by atoms with E-state index >= 15 is 0 Å². The Morgan fingerprint density at radius 3 is 2.47 bits per heavy atom. The van der Waals surface area contributed by atoms with E-state index in [9.17, 15) is 9.59 Å². The van der Waals surface area contributed by atoms with Gasteiger partial charge in [-0.15, -0.1) is 10.2 Å². The average Bonchev–Trinajstić information content (AvgIpc) is 2.36. The zero-order valence-corrected chi connectivity index (χ0v) is 11.2. The van der Waals surface area contributed by atoms with Gasteiger partial charge in [-0.1, -0.05) is 0 Å². The molecule has 104 valence electrons. The Morgan fingerprint density at radius 1 is 1.32 bits per heavy atom. The molecule has 19 heavy (non-hydrogen) atoms. The fraction of sp³-hybridized carbons (Fsp3) is 0.500. The Balaban J connectivity index is 2.66. The minimum absolute atomic E-state index is 0.0732. The van der Waals surface area contributed by atoms with E-state index in [1.165, 1.54) is 7.05 Å². The number of aliphatic carboxylic acids is 1. The van der Waals surface area contributed by atoms with Gasteiger partial charge >= 0.3 is 5.97 Å². The Labute approximate surface area is 111 Å². The fourth-order valence-corrected chi connectivity index (χ4v) is 1.48. The molecule has 1 amide bonds. The van der Waals surface area contributed by atoms with Crippen LogP contribution in [0, 0.1) is 0 Å². The molecule has 0 unspecified atom stereocenters. The second-order valence-corrected chi connectivity index (χ2v) is 4.79. The second kappa shape index (κ2) is 6.12. The minimum Gasteiger partial charge on any atom is -0.481 e. The number of hydrogen-bond donors (Lipinski definition) is 3. The molecule has 0 bridgehead atoms. The predicted octanol–water partition coefficient (Wildman–Crippen LogP) is 0.891. The third-order valence-electron chi connectivity index (χ3n) is 2.55. The van der Waals surface area contributed by atoms with Crippen molar-refractivity contribution in [3.63, 3.8) is 0 Å². The summed E-state index contributed by atoms with van der Waals surface area (Å²) < 4.78 is 0. The first-order chi connectivity index (χ1) is 8.84. The van der Waals surface area contributed by atoms with Crippen molar-refractivity contribution >= 4 is 17.7 Å². The molecule has 0 fully saturated rings. The molecule has 0 aromatic carbocycles. The van der Waals surface area contributed by atoms with Gasteiger partial charge in [-0.2, -0.15) is 0 Å². The summed E-state index contributed by atoms with van der Waals surface area (Å²) in [6.07, 6.45) is 0.533. The summed E-state index contributed by atoms with van der Waals surface area (Å²) in [5.41, 5.74) is -0.182. The molecular formula is C12H18N4O3. The van der Waals surface area contributed by atoms with Gasteiger partial charge in [0.15, 0.2) is 5.69 Å². The van der Waals surface area contributed by atoms with Gasteiger partial charge in [0.2, 0.25) is 0 Å². The number of hydrogen-bond acceptors (Lipinski definition) is 5. The van der Waals surface area contributed by atoms with E-state index in [0.717, 1.165) is 0 Å². The van der Waals surface area contributed by atoms with Crippen molar-refractivity contribution in [3.05, 3.63) is 17.8 Å². The van der Waals surface area contributed by atoms with Crippen LogP contribution in [0.1, 0.15) is 37.2 Å². The number of carboxylic acid groups (broad SMARTS) is 1. The van der Waals surface area contributed by atoms with Crippen LogP contribution in [-0.2, 0) is 4.79 Å². The normalized spacial score (nSPS) is 10.9. The van der Waals surface area contributed by atoms with E-state index in [2.05, 4.69) is 20.8 Å². The minimum atomic E-state index is -0.837. The molecule has 1 rings (SSSR count). The Bertz CT molecular complexity index is 457. The Kier molecular flexibility index (Phi) is 4.80. The first-order valence-electron chi connectivity index (χ1n) is 5.90. The summed E-state index contributed by atoms with van der Waals surface area (Å²) in [4.78, 5) is 21.8. The van der Waals surface area contributed by atoms with Gasteiger partial charge in [0.05, 0.1) is 0 Å². The lowest BCUT2D eigenvalue weighted by Gasteiger charge is -2.25. The van der Waals surface area contributed by atoms with Crippen molar-refractivity contribution in [2.24, 2.45) is 0 Å². The number of amides is 1. The molecule has 0 saturated carbocycles. The molecule has 7 heteroatoms. The van der Waals surface area contributed by atoms with Crippen LogP contribution in [0.2, 0.25) is 0 Å². The number of nitrogens with one attached hydrogen (secondary N) is 2. The summed E-state index contributed by atoms with van der Waals surface area (Å²) in [6, 6.07) is 3.20. The van der Waals surface area contributed by atoms with Gasteiger partial charge in [0, 0.05) is 19.0 Å². The zero-order valence-electron chi connectivity index (χ0n) is 11.2. The van der Waals surface area contributed by atoms with Gasteiger partial charge in [-0.25, -0.2) is 0 Å². The molecule has 3 N–H and O–H groups in total. The molecule has 0 radical (unpaired) electrons. The van der Waals surface area contributed by atoms with Crippen molar-refractivity contribution in [2.45, 2.75) is 32.2 Å². The highest BCUT2D eigenvalue weighted by Gasteiger charge is 2.19. The maximum Gasteiger partial charge on any atom is 0.303 e. The zero-order chi connectivity index (χ0) is 14.5. The van der Waals surface area contributed by atoms with Crippen molar-refractivity contribution in [2.75, 3.05) is 12.4 Å². The van der Waals surface area contributed by atoms with Gasteiger partial charge in [-0.3, -0.25) is 9.59 Å². The van der Waals surface area contributed by atoms with Crippen molar-refractivity contribution in [1.82, 2.24) is 15.5 Å². The smallest absolute Gasteiger partial charge is 0.303 e. The third kappa shape index (κ3) is 4.90. The molecule has 0 saturated heterocycles. The van der Waals surface area contributed by atoms with Crippen LogP contribution in [0.15, 0.2) is 12.1 Å². The Hall–Kier alpha value is -2.18. The second-order valence-electron chi connectivity index (χ2n) is 4.79. The maximum atomic E-state index is 11.3. The lowest BCUT2D eigenvalue weighted by molar-refractivity contribution is -0.137. The molecule has 0 spiro atoms. The molecule has 0 aliphatic carbocycles. The van der Waals surface area contributed by atoms with Gasteiger partial charge in [-0.05, 0) is 32.4 Å². The first kappa shape index (κ1) is 14.9. The standard InChI is InChI=1S/C12H18N4O3/c1-12(2,7-6-10(17)18)14-9-5-4-8(15-16-9)11(19)13-3/h4-5H,6-7H2,1-3H3,(H,13,19)(H,14,16)(H,17,18). The van der Waals surface area contributed by atoms with Crippen LogP contribution in [0.4, 0.5) is 5.82 Å². The molecule has 0 aliphatic heterocycles. The van der Waals surface area contributed by atoms with Gasteiger partial charge in [0.1, 0.15) is 5.82 Å². The largest absolute Gasteiger partial charge is 0.481 e. The predicted molar refractivity (Wildman–Crippen MR) is 70.0 cm³/mol. The molecule has 1 aromatic rings. The topological polar surface area (TPSA) is 104 Å². The van der Waals surface area contributed by atoms with Crippen LogP contribution >= 0.6 is 0 Å². The lowest BCUT2D eigenvalue weighted by atomic mass is 9.98. The van der Waals surface area contributed by atoms with Crippen LogP contribution in [0.5, 0.6) is 0 Å². The average molecular weight is 266 g/mol. The van der Waals surface area contributed by atoms with E-state index in [4.69, 9.17) is 5.11 Å². The highest BCUT2D eigenvalue weighted by Crippen LogP contribution is 2.17. The van der Waals surface area contributed by atoms with Crippen LogP contribution in [0.3, 0.4) is 0 Å². The summed E-state index contributed by atoms with van der Waals surface area (Å²) in [5, 5.41) is 21.9. The summed E-state index contributed by atoms with van der Waals surface area (Å²) in [7, 11) is 1.52. The van der Waals surface area contributed by atoms with Crippen LogP contribution in [0.25, 0.3) is 0 Å². The molecule has 1 heterocycles. The quantitative estimate of drug-likeness (QED) is 0.706. The van der Waals surface area contributed by atoms with E-state index in [-0.39, 0.29) is 18.0 Å². The van der Waals surface area contributed by atoms with Gasteiger partial charge < -0.3 is 15.7 Å². The van der Waals surface area contributed by atoms with E-state index in [1.807, 2.05) is 13.8 Å². The summed E-state index contributed by atoms with van der Waals surface area (Å²) >= 11 is 0. The number of carbonyl (C=O) groups excluding carboxylic acids is 1. The summed E-state index contributed by atoms with van der Waals surface area (Å²) in [5.74, 6) is -0.636. The summed E-state index contributed by atoms with van der Waals surface area (Å²) in [6.45, 7) is 3.76. The number of aromatic nitrogens is 2. The number of nitrogens with zero attached hydrogens (tertiary/aromatic N) is 2. The molecule has 7 nitrogen and oxygen atoms in total. The molecule has 0 aliphatic rings. The van der Waals surface area contributed by atoms with Crippen molar-refractivity contribution < 1.29 is 14.7 Å². The highest BCUT2D eigenvalue weighted by atomic mass is 16.4. The first-order valence-corrected chi connectivity index (χ1v) is 5.90.